The molecule has 0 aromatic heterocycles. The summed E-state index contributed by atoms with van der Waals surface area (Å²) in [4.78, 5) is 26.9. The van der Waals surface area contributed by atoms with Crippen molar-refractivity contribution in [2.75, 3.05) is 38.2 Å². The Balaban J connectivity index is 1.66. The van der Waals surface area contributed by atoms with Crippen LogP contribution in [0.2, 0.25) is 10.0 Å². The molecule has 3 rings (SSSR count). The number of thiocarbonyl (C=S) groups is 1. The van der Waals surface area contributed by atoms with Gasteiger partial charge in [-0.2, -0.15) is 0 Å². The van der Waals surface area contributed by atoms with Crippen LogP contribution in [-0.4, -0.2) is 54.7 Å². The number of amides is 2. The molecule has 2 aromatic carbocycles. The van der Waals surface area contributed by atoms with E-state index in [1.54, 1.807) is 35.2 Å². The van der Waals surface area contributed by atoms with Crippen LogP contribution in [0.3, 0.4) is 0 Å². The van der Waals surface area contributed by atoms with E-state index in [2.05, 4.69) is 10.6 Å². The number of nitrogens with zero attached hydrogens (tertiary/aromatic N) is 1. The first-order valence-electron chi connectivity index (χ1n) is 9.60. The standard InChI is InChI=1S/C21H21Cl2N3O4S/c1-2-30-18-6-4-13(11-16(18)23)19(27)25-21(31)24-17-12-14(3-5-15(17)22)20(28)26-7-9-29-10-8-26/h3-6,11-12H,2,7-10H2,1H3,(H2,24,25,27,31). The number of carbonyl (C=O) groups is 2. The number of halogens is 2. The van der Waals surface area contributed by atoms with E-state index in [-0.39, 0.29) is 11.0 Å². The van der Waals surface area contributed by atoms with Gasteiger partial charge in [0, 0.05) is 24.2 Å². The van der Waals surface area contributed by atoms with Crippen LogP contribution in [0.1, 0.15) is 27.6 Å². The molecule has 164 valence electrons. The summed E-state index contributed by atoms with van der Waals surface area (Å²) in [7, 11) is 0. The Bertz CT molecular complexity index is 997. The van der Waals surface area contributed by atoms with Crippen LogP contribution < -0.4 is 15.4 Å². The van der Waals surface area contributed by atoms with Crippen LogP contribution in [0.15, 0.2) is 36.4 Å². The van der Waals surface area contributed by atoms with Crippen LogP contribution in [-0.2, 0) is 4.74 Å². The summed E-state index contributed by atoms with van der Waals surface area (Å²) >= 11 is 17.6. The Morgan fingerprint density at radius 3 is 2.48 bits per heavy atom. The average molecular weight is 482 g/mol. The van der Waals surface area contributed by atoms with Gasteiger partial charge in [0.25, 0.3) is 11.8 Å². The molecule has 2 N–H and O–H groups in total. The topological polar surface area (TPSA) is 79.9 Å². The van der Waals surface area contributed by atoms with Crippen molar-refractivity contribution in [3.8, 4) is 5.75 Å². The van der Waals surface area contributed by atoms with E-state index in [9.17, 15) is 9.59 Å². The van der Waals surface area contributed by atoms with Gasteiger partial charge >= 0.3 is 0 Å². The lowest BCUT2D eigenvalue weighted by molar-refractivity contribution is 0.0303. The maximum atomic E-state index is 12.7. The van der Waals surface area contributed by atoms with Gasteiger partial charge in [-0.15, -0.1) is 0 Å². The molecule has 1 heterocycles. The molecule has 1 saturated heterocycles. The number of hydrogen-bond donors (Lipinski definition) is 2. The van der Waals surface area contributed by atoms with Crippen molar-refractivity contribution in [2.24, 2.45) is 0 Å². The second kappa shape index (κ2) is 10.8. The van der Waals surface area contributed by atoms with E-state index in [0.717, 1.165) is 0 Å². The zero-order valence-corrected chi connectivity index (χ0v) is 19.1. The van der Waals surface area contributed by atoms with Crippen molar-refractivity contribution < 1.29 is 19.1 Å². The molecule has 0 atom stereocenters. The highest BCUT2D eigenvalue weighted by atomic mass is 35.5. The Labute approximate surface area is 195 Å². The third-order valence-electron chi connectivity index (χ3n) is 4.48. The van der Waals surface area contributed by atoms with Crippen LogP contribution in [0.4, 0.5) is 5.69 Å². The minimum absolute atomic E-state index is 0.0351. The van der Waals surface area contributed by atoms with E-state index in [1.807, 2.05) is 6.92 Å². The van der Waals surface area contributed by atoms with Gasteiger partial charge in [0.1, 0.15) is 5.75 Å². The van der Waals surface area contributed by atoms with Crippen molar-refractivity contribution in [1.82, 2.24) is 10.2 Å². The van der Waals surface area contributed by atoms with Crippen LogP contribution >= 0.6 is 35.4 Å². The first-order chi connectivity index (χ1) is 14.9. The molecule has 1 aliphatic heterocycles. The molecule has 1 aliphatic rings. The minimum Gasteiger partial charge on any atom is -0.492 e. The Morgan fingerprint density at radius 2 is 1.81 bits per heavy atom. The first-order valence-corrected chi connectivity index (χ1v) is 10.8. The van der Waals surface area contributed by atoms with E-state index in [0.29, 0.717) is 65.5 Å². The van der Waals surface area contributed by atoms with E-state index in [1.165, 1.54) is 6.07 Å². The summed E-state index contributed by atoms with van der Waals surface area (Å²) < 4.78 is 10.6. The molecule has 0 aliphatic carbocycles. The number of hydrogen-bond acceptors (Lipinski definition) is 5. The Hall–Kier alpha value is -2.39. The molecule has 0 radical (unpaired) electrons. The molecule has 10 heteroatoms. The fraction of sp³-hybridized carbons (Fsp3) is 0.286. The van der Waals surface area contributed by atoms with Gasteiger partial charge in [0.05, 0.1) is 35.6 Å². The summed E-state index contributed by atoms with van der Waals surface area (Å²) in [5, 5.41) is 6.16. The van der Waals surface area contributed by atoms with Crippen molar-refractivity contribution in [1.29, 1.82) is 0 Å². The normalized spacial score (nSPS) is 13.5. The number of carbonyl (C=O) groups excluding carboxylic acids is 2. The molecule has 0 unspecified atom stereocenters. The molecule has 0 spiro atoms. The number of anilines is 1. The monoisotopic (exact) mass is 481 g/mol. The molecular weight excluding hydrogens is 461 g/mol. The van der Waals surface area contributed by atoms with Gasteiger partial charge in [-0.3, -0.25) is 14.9 Å². The Kier molecular flexibility index (Phi) is 8.09. The maximum Gasteiger partial charge on any atom is 0.257 e. The average Bonchev–Trinajstić information content (AvgIpc) is 2.76. The molecule has 0 saturated carbocycles. The largest absolute Gasteiger partial charge is 0.492 e. The van der Waals surface area contributed by atoms with Gasteiger partial charge in [0.2, 0.25) is 0 Å². The van der Waals surface area contributed by atoms with E-state index < -0.39 is 5.91 Å². The van der Waals surface area contributed by atoms with Crippen molar-refractivity contribution in [3.63, 3.8) is 0 Å². The smallest absolute Gasteiger partial charge is 0.257 e. The van der Waals surface area contributed by atoms with Crippen LogP contribution in [0.25, 0.3) is 0 Å². The number of nitrogens with one attached hydrogen (secondary N) is 2. The minimum atomic E-state index is -0.445. The third-order valence-corrected chi connectivity index (χ3v) is 5.31. The zero-order chi connectivity index (χ0) is 22.4. The van der Waals surface area contributed by atoms with Gasteiger partial charge in [-0.05, 0) is 55.5 Å². The summed E-state index contributed by atoms with van der Waals surface area (Å²) in [6.45, 7) is 4.39. The van der Waals surface area contributed by atoms with E-state index >= 15 is 0 Å². The predicted octanol–water partition coefficient (Wildman–Crippen LogP) is 3.99. The molecular formula is C21H21Cl2N3O4S. The van der Waals surface area contributed by atoms with Crippen molar-refractivity contribution in [3.05, 3.63) is 57.6 Å². The van der Waals surface area contributed by atoms with Crippen LogP contribution in [0.5, 0.6) is 5.75 Å². The van der Waals surface area contributed by atoms with Crippen LogP contribution in [0, 0.1) is 0 Å². The van der Waals surface area contributed by atoms with Crippen molar-refractivity contribution >= 4 is 58.0 Å². The van der Waals surface area contributed by atoms with E-state index in [4.69, 9.17) is 44.9 Å². The number of morpholine rings is 1. The lowest BCUT2D eigenvalue weighted by Gasteiger charge is -2.27. The second-order valence-electron chi connectivity index (χ2n) is 6.59. The van der Waals surface area contributed by atoms with Crippen molar-refractivity contribution in [2.45, 2.75) is 6.92 Å². The fourth-order valence-electron chi connectivity index (χ4n) is 2.95. The predicted molar refractivity (Wildman–Crippen MR) is 124 cm³/mol. The third kappa shape index (κ3) is 6.07. The highest BCUT2D eigenvalue weighted by molar-refractivity contribution is 7.80. The summed E-state index contributed by atoms with van der Waals surface area (Å²) in [5.74, 6) is -0.0731. The molecule has 1 fully saturated rings. The summed E-state index contributed by atoms with van der Waals surface area (Å²) in [6.07, 6.45) is 0. The second-order valence-corrected chi connectivity index (χ2v) is 7.81. The number of rotatable bonds is 5. The lowest BCUT2D eigenvalue weighted by Crippen LogP contribution is -2.40. The molecule has 2 amide bonds. The Morgan fingerprint density at radius 1 is 1.10 bits per heavy atom. The maximum absolute atomic E-state index is 12.7. The number of benzene rings is 2. The first kappa shape index (κ1) is 23.3. The molecule has 7 nitrogen and oxygen atoms in total. The van der Waals surface area contributed by atoms with Gasteiger partial charge in [0.15, 0.2) is 5.11 Å². The fourth-order valence-corrected chi connectivity index (χ4v) is 3.55. The molecule has 31 heavy (non-hydrogen) atoms. The summed E-state index contributed by atoms with van der Waals surface area (Å²) in [6, 6.07) is 9.56. The van der Waals surface area contributed by atoms with Gasteiger partial charge < -0.3 is 19.7 Å². The molecule has 2 aromatic rings. The SMILES string of the molecule is CCOc1ccc(C(=O)NC(=S)Nc2cc(C(=O)N3CCOCC3)ccc2Cl)cc1Cl. The van der Waals surface area contributed by atoms with Gasteiger partial charge in [-0.25, -0.2) is 0 Å². The highest BCUT2D eigenvalue weighted by Crippen LogP contribution is 2.26. The molecule has 0 bridgehead atoms. The van der Waals surface area contributed by atoms with Gasteiger partial charge in [-0.1, -0.05) is 23.2 Å². The quantitative estimate of drug-likeness (QED) is 0.628. The number of ether oxygens (including phenoxy) is 2. The highest BCUT2D eigenvalue weighted by Gasteiger charge is 2.20. The zero-order valence-electron chi connectivity index (χ0n) is 16.7. The lowest BCUT2D eigenvalue weighted by atomic mass is 10.1. The summed E-state index contributed by atoms with van der Waals surface area (Å²) in [5.41, 5.74) is 1.19.